The summed E-state index contributed by atoms with van der Waals surface area (Å²) in [6.45, 7) is 6.78. The SMILES string of the molecule is CCCCC[C@@H](CC(=O)OCC(Cl)(Cl)Cl)C(=O)[N@+]1(C(=O)OC(C)(C)C)CCNCC1C(=O)OCc1ccccc1. The standard InChI is InChI=1S/C28H40Cl3N2O7/c1-5-6-8-13-21(16-23(34)39-19-28(29,30)31)24(35)33(26(37)40-27(2,3)4)15-14-32-17-22(33)25(36)38-18-20-11-9-7-10-12-20/h7,9-12,21-22,32H,5-6,8,13-19H2,1-4H3/q+1/t21-,22?,33-/m0/s1. The number of hydrogen-bond acceptors (Lipinski definition) is 8. The van der Waals surface area contributed by atoms with Crippen LogP contribution in [0.25, 0.3) is 0 Å². The molecule has 0 spiro atoms. The number of rotatable bonds is 11. The van der Waals surface area contributed by atoms with Crippen LogP contribution in [-0.2, 0) is 35.2 Å². The Bertz CT molecular complexity index is 1010. The number of carbonyl (C=O) groups excluding carboxylic acids is 4. The molecule has 1 saturated heterocycles. The number of halogens is 3. The summed E-state index contributed by atoms with van der Waals surface area (Å²) in [7, 11) is 0. The van der Waals surface area contributed by atoms with Crippen LogP contribution in [0.15, 0.2) is 30.3 Å². The van der Waals surface area contributed by atoms with Gasteiger partial charge in [0.05, 0.1) is 18.9 Å². The average Bonchev–Trinajstić information content (AvgIpc) is 2.88. The highest BCUT2D eigenvalue weighted by molar-refractivity contribution is 6.67. The van der Waals surface area contributed by atoms with E-state index in [0.29, 0.717) is 12.8 Å². The quantitative estimate of drug-likeness (QED) is 0.114. The number of esters is 2. The smallest absolute Gasteiger partial charge is 0.461 e. The van der Waals surface area contributed by atoms with E-state index in [1.165, 1.54) is 0 Å². The minimum atomic E-state index is -1.81. The van der Waals surface area contributed by atoms with Crippen LogP contribution >= 0.6 is 34.8 Å². The van der Waals surface area contributed by atoms with Gasteiger partial charge in [0, 0.05) is 6.54 Å². The molecule has 0 saturated carbocycles. The van der Waals surface area contributed by atoms with E-state index in [0.717, 1.165) is 18.4 Å². The van der Waals surface area contributed by atoms with Gasteiger partial charge in [-0.25, -0.2) is 9.59 Å². The normalized spacial score (nSPS) is 20.3. The van der Waals surface area contributed by atoms with E-state index in [-0.39, 0.29) is 32.7 Å². The maximum absolute atomic E-state index is 14.4. The molecule has 0 aromatic heterocycles. The van der Waals surface area contributed by atoms with Gasteiger partial charge in [-0.1, -0.05) is 91.3 Å². The number of amides is 2. The number of nitrogens with one attached hydrogen (secondary N) is 1. The highest BCUT2D eigenvalue weighted by Crippen LogP contribution is 2.31. The van der Waals surface area contributed by atoms with Gasteiger partial charge < -0.3 is 19.5 Å². The van der Waals surface area contributed by atoms with Crippen molar-refractivity contribution in [3.63, 3.8) is 0 Å². The first kappa shape index (κ1) is 34.3. The topological polar surface area (TPSA) is 108 Å². The summed E-state index contributed by atoms with van der Waals surface area (Å²) in [4.78, 5) is 54.5. The Balaban J connectivity index is 2.44. The molecule has 1 aliphatic heterocycles. The molecule has 3 atom stereocenters. The van der Waals surface area contributed by atoms with Crippen molar-refractivity contribution in [2.45, 2.75) is 81.8 Å². The minimum absolute atomic E-state index is 0.0119. The number of ether oxygens (including phenoxy) is 3. The zero-order valence-corrected chi connectivity index (χ0v) is 25.8. The lowest BCUT2D eigenvalue weighted by molar-refractivity contribution is -0.806. The van der Waals surface area contributed by atoms with Gasteiger partial charge in [0.15, 0.2) is 0 Å². The van der Waals surface area contributed by atoms with E-state index in [9.17, 15) is 19.2 Å². The van der Waals surface area contributed by atoms with Gasteiger partial charge in [-0.15, -0.1) is 4.48 Å². The first-order valence-electron chi connectivity index (χ1n) is 13.5. The van der Waals surface area contributed by atoms with Crippen molar-refractivity contribution in [2.24, 2.45) is 5.92 Å². The third-order valence-electron chi connectivity index (χ3n) is 6.43. The van der Waals surface area contributed by atoms with E-state index in [1.807, 2.05) is 25.1 Å². The Kier molecular flexibility index (Phi) is 13.2. The summed E-state index contributed by atoms with van der Waals surface area (Å²) >= 11 is 17.2. The number of piperazine rings is 1. The molecule has 9 nitrogen and oxygen atoms in total. The van der Waals surface area contributed by atoms with Crippen molar-refractivity contribution in [1.29, 1.82) is 0 Å². The van der Waals surface area contributed by atoms with Crippen molar-refractivity contribution in [3.05, 3.63) is 35.9 Å². The Morgan fingerprint density at radius 2 is 1.73 bits per heavy atom. The Hall–Kier alpha value is -1.91. The van der Waals surface area contributed by atoms with Crippen LogP contribution in [0.2, 0.25) is 0 Å². The van der Waals surface area contributed by atoms with Crippen LogP contribution in [0.4, 0.5) is 4.79 Å². The molecule has 1 heterocycles. The number of benzene rings is 1. The molecule has 2 amide bonds. The van der Waals surface area contributed by atoms with Crippen LogP contribution in [0.3, 0.4) is 0 Å². The van der Waals surface area contributed by atoms with Gasteiger partial charge in [-0.05, 0) is 32.8 Å². The fourth-order valence-corrected chi connectivity index (χ4v) is 4.68. The van der Waals surface area contributed by atoms with Crippen molar-refractivity contribution in [1.82, 2.24) is 5.32 Å². The predicted molar refractivity (Wildman–Crippen MR) is 153 cm³/mol. The van der Waals surface area contributed by atoms with Crippen molar-refractivity contribution in [2.75, 3.05) is 26.2 Å². The number of nitrogens with zero attached hydrogens (tertiary/aromatic N) is 1. The molecule has 1 aromatic rings. The minimum Gasteiger partial charge on any atom is -0.461 e. The third kappa shape index (κ3) is 10.5. The lowest BCUT2D eigenvalue weighted by Gasteiger charge is -2.42. The lowest BCUT2D eigenvalue weighted by Crippen LogP contribution is -2.74. The average molecular weight is 623 g/mol. The van der Waals surface area contributed by atoms with Crippen LogP contribution in [0.5, 0.6) is 0 Å². The molecule has 1 aromatic carbocycles. The van der Waals surface area contributed by atoms with Crippen LogP contribution in [-0.4, -0.2) is 70.1 Å². The maximum Gasteiger partial charge on any atom is 0.524 e. The number of unbranched alkanes of at least 4 members (excludes halogenated alkanes) is 2. The summed E-state index contributed by atoms with van der Waals surface area (Å²) in [5.41, 5.74) is -0.178. The van der Waals surface area contributed by atoms with Crippen LogP contribution in [0, 0.1) is 5.92 Å². The number of hydrogen-bond donors (Lipinski definition) is 1. The second-order valence-electron chi connectivity index (χ2n) is 10.9. The van der Waals surface area contributed by atoms with Crippen molar-refractivity contribution >= 4 is 58.7 Å². The molecule has 1 unspecified atom stereocenters. The monoisotopic (exact) mass is 621 g/mol. The predicted octanol–water partition coefficient (Wildman–Crippen LogP) is 5.48. The van der Waals surface area contributed by atoms with Crippen molar-refractivity contribution in [3.8, 4) is 0 Å². The van der Waals surface area contributed by atoms with Gasteiger partial charge in [0.1, 0.15) is 25.4 Å². The molecule has 0 aliphatic carbocycles. The molecule has 1 fully saturated rings. The van der Waals surface area contributed by atoms with Gasteiger partial charge in [0.2, 0.25) is 9.83 Å². The number of imide groups is 1. The molecule has 1 N–H and O–H groups in total. The zero-order valence-electron chi connectivity index (χ0n) is 23.6. The third-order valence-corrected chi connectivity index (χ3v) is 6.76. The Morgan fingerprint density at radius 1 is 1.05 bits per heavy atom. The fraction of sp³-hybridized carbons (Fsp3) is 0.643. The van der Waals surface area contributed by atoms with Crippen molar-refractivity contribution < 1.29 is 37.9 Å². The van der Waals surface area contributed by atoms with E-state index in [2.05, 4.69) is 5.32 Å². The molecule has 12 heteroatoms. The maximum atomic E-state index is 14.4. The Morgan fingerprint density at radius 3 is 2.33 bits per heavy atom. The van der Waals surface area contributed by atoms with Crippen LogP contribution < -0.4 is 5.32 Å². The number of alkyl halides is 3. The molecule has 2 rings (SSSR count). The van der Waals surface area contributed by atoms with E-state index in [4.69, 9.17) is 49.0 Å². The highest BCUT2D eigenvalue weighted by Gasteiger charge is 2.60. The first-order valence-corrected chi connectivity index (χ1v) is 14.6. The zero-order chi connectivity index (χ0) is 30.0. The molecule has 0 bridgehead atoms. The van der Waals surface area contributed by atoms with Crippen LogP contribution in [0.1, 0.15) is 65.4 Å². The first-order chi connectivity index (χ1) is 18.7. The molecular formula is C28H40Cl3N2O7+. The highest BCUT2D eigenvalue weighted by atomic mass is 35.6. The number of quaternary nitrogens is 1. The van der Waals surface area contributed by atoms with Gasteiger partial charge in [-0.3, -0.25) is 4.79 Å². The molecule has 0 radical (unpaired) electrons. The van der Waals surface area contributed by atoms with Gasteiger partial charge in [-0.2, -0.15) is 4.79 Å². The van der Waals surface area contributed by atoms with E-state index in [1.54, 1.807) is 32.9 Å². The molecule has 1 aliphatic rings. The van der Waals surface area contributed by atoms with Gasteiger partial charge in [0.25, 0.3) is 0 Å². The fourth-order valence-electron chi connectivity index (χ4n) is 4.51. The Labute approximate surface area is 251 Å². The second kappa shape index (κ2) is 15.4. The molecule has 224 valence electrons. The summed E-state index contributed by atoms with van der Waals surface area (Å²) in [5, 5.41) is 3.10. The summed E-state index contributed by atoms with van der Waals surface area (Å²) in [5.74, 6) is -3.01. The summed E-state index contributed by atoms with van der Waals surface area (Å²) in [6, 6.07) is 7.87. The van der Waals surface area contributed by atoms with E-state index >= 15 is 0 Å². The summed E-state index contributed by atoms with van der Waals surface area (Å²) in [6.07, 6.45) is 1.41. The largest absolute Gasteiger partial charge is 0.524 e. The molecule has 40 heavy (non-hydrogen) atoms. The molecular weight excluding hydrogens is 583 g/mol. The van der Waals surface area contributed by atoms with E-state index < -0.39 is 56.4 Å². The number of carbonyl (C=O) groups is 4. The summed E-state index contributed by atoms with van der Waals surface area (Å²) < 4.78 is 13.7. The second-order valence-corrected chi connectivity index (χ2v) is 13.4. The van der Waals surface area contributed by atoms with Gasteiger partial charge >= 0.3 is 23.9 Å². The lowest BCUT2D eigenvalue weighted by atomic mass is 9.93.